The van der Waals surface area contributed by atoms with Crippen LogP contribution in [0.3, 0.4) is 0 Å². The Morgan fingerprint density at radius 3 is 2.84 bits per heavy atom. The molecule has 2 rings (SSSR count). The molecule has 1 saturated heterocycles. The zero-order valence-electron chi connectivity index (χ0n) is 10.8. The van der Waals surface area contributed by atoms with Crippen LogP contribution in [0.15, 0.2) is 24.3 Å². The molecule has 5 nitrogen and oxygen atoms in total. The van der Waals surface area contributed by atoms with Crippen molar-refractivity contribution in [3.8, 4) is 5.75 Å². The summed E-state index contributed by atoms with van der Waals surface area (Å²) in [6.07, 6.45) is 2.25. The molecule has 104 valence electrons. The van der Waals surface area contributed by atoms with Crippen LogP contribution in [0.2, 0.25) is 0 Å². The lowest BCUT2D eigenvalue weighted by molar-refractivity contribution is 0.0693. The van der Waals surface area contributed by atoms with Gasteiger partial charge in [-0.05, 0) is 37.1 Å². The molecule has 1 atom stereocenters. The summed E-state index contributed by atoms with van der Waals surface area (Å²) in [4.78, 5) is 10.7. The van der Waals surface area contributed by atoms with Gasteiger partial charge in [0.1, 0.15) is 12.4 Å². The van der Waals surface area contributed by atoms with Gasteiger partial charge in [-0.1, -0.05) is 0 Å². The molecule has 0 aromatic heterocycles. The van der Waals surface area contributed by atoms with E-state index >= 15 is 0 Å². The number of hydrogen-bond acceptors (Lipinski definition) is 4. The van der Waals surface area contributed by atoms with Crippen LogP contribution in [0.4, 0.5) is 0 Å². The third kappa shape index (κ3) is 4.54. The van der Waals surface area contributed by atoms with Crippen LogP contribution in [0.25, 0.3) is 0 Å². The summed E-state index contributed by atoms with van der Waals surface area (Å²) in [6.45, 7) is 2.95. The van der Waals surface area contributed by atoms with Gasteiger partial charge in [-0.2, -0.15) is 0 Å². The van der Waals surface area contributed by atoms with Crippen molar-refractivity contribution in [2.45, 2.75) is 18.9 Å². The Hall–Kier alpha value is -1.59. The minimum absolute atomic E-state index is 0.268. The van der Waals surface area contributed by atoms with E-state index in [1.807, 2.05) is 0 Å². The van der Waals surface area contributed by atoms with Crippen molar-refractivity contribution in [1.29, 1.82) is 0 Å². The van der Waals surface area contributed by atoms with E-state index in [0.717, 1.165) is 32.6 Å². The van der Waals surface area contributed by atoms with E-state index in [-0.39, 0.29) is 5.56 Å². The van der Waals surface area contributed by atoms with Gasteiger partial charge in [0.15, 0.2) is 0 Å². The van der Waals surface area contributed by atoms with E-state index in [2.05, 4.69) is 5.32 Å². The van der Waals surface area contributed by atoms with Crippen LogP contribution in [-0.4, -0.2) is 43.5 Å². The van der Waals surface area contributed by atoms with Gasteiger partial charge in [-0.15, -0.1) is 0 Å². The Balaban J connectivity index is 1.66. The molecule has 19 heavy (non-hydrogen) atoms. The summed E-state index contributed by atoms with van der Waals surface area (Å²) >= 11 is 0. The lowest BCUT2D eigenvalue weighted by Gasteiger charge is -2.23. The van der Waals surface area contributed by atoms with Gasteiger partial charge in [0.25, 0.3) is 0 Å². The summed E-state index contributed by atoms with van der Waals surface area (Å²) in [5.74, 6) is -0.239. The van der Waals surface area contributed by atoms with Crippen molar-refractivity contribution in [3.63, 3.8) is 0 Å². The highest BCUT2D eigenvalue weighted by Gasteiger charge is 2.12. The van der Waals surface area contributed by atoms with Crippen molar-refractivity contribution < 1.29 is 19.4 Å². The molecule has 0 saturated carbocycles. The van der Waals surface area contributed by atoms with E-state index in [4.69, 9.17) is 14.6 Å². The van der Waals surface area contributed by atoms with Crippen molar-refractivity contribution in [3.05, 3.63) is 29.8 Å². The Labute approximate surface area is 112 Å². The normalized spacial score (nSPS) is 19.1. The molecule has 0 amide bonds. The standard InChI is InChI=1S/C14H19NO4/c16-14(17)11-3-5-13(6-4-11)19-9-7-15-12-2-1-8-18-10-12/h3-6,12,15H,1-2,7-10H2,(H,16,17). The third-order valence-corrected chi connectivity index (χ3v) is 3.07. The fourth-order valence-electron chi connectivity index (χ4n) is 2.03. The molecule has 0 bridgehead atoms. The van der Waals surface area contributed by atoms with Crippen molar-refractivity contribution >= 4 is 5.97 Å². The van der Waals surface area contributed by atoms with Crippen LogP contribution in [0.1, 0.15) is 23.2 Å². The number of aromatic carboxylic acids is 1. The molecule has 2 N–H and O–H groups in total. The topological polar surface area (TPSA) is 67.8 Å². The Bertz CT molecular complexity index is 398. The minimum atomic E-state index is -0.925. The molecule has 1 aromatic rings. The monoisotopic (exact) mass is 265 g/mol. The molecule has 1 unspecified atom stereocenters. The number of carboxylic acids is 1. The van der Waals surface area contributed by atoms with E-state index in [1.54, 1.807) is 24.3 Å². The van der Waals surface area contributed by atoms with Crippen molar-refractivity contribution in [2.24, 2.45) is 0 Å². The zero-order chi connectivity index (χ0) is 13.5. The maximum absolute atomic E-state index is 10.7. The maximum Gasteiger partial charge on any atom is 0.335 e. The molecule has 1 aliphatic rings. The van der Waals surface area contributed by atoms with E-state index in [9.17, 15) is 4.79 Å². The van der Waals surface area contributed by atoms with E-state index < -0.39 is 5.97 Å². The number of ether oxygens (including phenoxy) is 2. The first-order valence-electron chi connectivity index (χ1n) is 6.53. The first kappa shape index (κ1) is 13.8. The quantitative estimate of drug-likeness (QED) is 0.764. The maximum atomic E-state index is 10.7. The highest BCUT2D eigenvalue weighted by Crippen LogP contribution is 2.12. The fourth-order valence-corrected chi connectivity index (χ4v) is 2.03. The van der Waals surface area contributed by atoms with Gasteiger partial charge in [0, 0.05) is 19.2 Å². The van der Waals surface area contributed by atoms with Crippen molar-refractivity contribution in [1.82, 2.24) is 5.32 Å². The van der Waals surface area contributed by atoms with Gasteiger partial charge >= 0.3 is 5.97 Å². The lowest BCUT2D eigenvalue weighted by Crippen LogP contribution is -2.38. The van der Waals surface area contributed by atoms with Gasteiger partial charge in [-0.25, -0.2) is 4.79 Å². The first-order chi connectivity index (χ1) is 9.25. The smallest absolute Gasteiger partial charge is 0.335 e. The van der Waals surface area contributed by atoms with Gasteiger partial charge in [0.2, 0.25) is 0 Å². The highest BCUT2D eigenvalue weighted by molar-refractivity contribution is 5.87. The number of carboxylic acid groups (broad SMARTS) is 1. The second kappa shape index (κ2) is 7.11. The summed E-state index contributed by atoms with van der Waals surface area (Å²) in [5.41, 5.74) is 0.268. The Morgan fingerprint density at radius 1 is 1.42 bits per heavy atom. The number of carbonyl (C=O) groups is 1. The van der Waals surface area contributed by atoms with Gasteiger partial charge < -0.3 is 19.9 Å². The molecule has 1 aliphatic heterocycles. The van der Waals surface area contributed by atoms with Crippen LogP contribution in [-0.2, 0) is 4.74 Å². The van der Waals surface area contributed by atoms with Crippen molar-refractivity contribution in [2.75, 3.05) is 26.4 Å². The molecule has 0 spiro atoms. The minimum Gasteiger partial charge on any atom is -0.492 e. The number of nitrogens with one attached hydrogen (secondary N) is 1. The Morgan fingerprint density at radius 2 is 2.21 bits per heavy atom. The number of hydrogen-bond donors (Lipinski definition) is 2. The highest BCUT2D eigenvalue weighted by atomic mass is 16.5. The average Bonchev–Trinajstić information content (AvgIpc) is 2.45. The molecule has 1 heterocycles. The lowest BCUT2D eigenvalue weighted by atomic mass is 10.1. The van der Waals surface area contributed by atoms with Crippen LogP contribution < -0.4 is 10.1 Å². The molecule has 1 aromatic carbocycles. The van der Waals surface area contributed by atoms with Gasteiger partial charge in [0.05, 0.1) is 12.2 Å². The van der Waals surface area contributed by atoms with Crippen LogP contribution in [0, 0.1) is 0 Å². The third-order valence-electron chi connectivity index (χ3n) is 3.07. The summed E-state index contributed by atoms with van der Waals surface area (Å²) in [5, 5.41) is 12.1. The second-order valence-corrected chi connectivity index (χ2v) is 4.55. The predicted molar refractivity (Wildman–Crippen MR) is 70.7 cm³/mol. The Kier molecular flexibility index (Phi) is 5.18. The number of rotatable bonds is 6. The summed E-state index contributed by atoms with van der Waals surface area (Å²) in [6, 6.07) is 6.85. The SMILES string of the molecule is O=C(O)c1ccc(OCCNC2CCCOC2)cc1. The summed E-state index contributed by atoms with van der Waals surface area (Å²) in [7, 11) is 0. The van der Waals surface area contributed by atoms with Gasteiger partial charge in [-0.3, -0.25) is 0 Å². The average molecular weight is 265 g/mol. The van der Waals surface area contributed by atoms with E-state index in [0.29, 0.717) is 18.4 Å². The molecule has 0 aliphatic carbocycles. The molecular weight excluding hydrogens is 246 g/mol. The molecular formula is C14H19NO4. The molecule has 0 radical (unpaired) electrons. The molecule has 1 fully saturated rings. The van der Waals surface area contributed by atoms with E-state index in [1.165, 1.54) is 0 Å². The van der Waals surface area contributed by atoms with Crippen LogP contribution in [0.5, 0.6) is 5.75 Å². The molecule has 5 heteroatoms. The largest absolute Gasteiger partial charge is 0.492 e. The first-order valence-corrected chi connectivity index (χ1v) is 6.53. The number of benzene rings is 1. The van der Waals surface area contributed by atoms with Crippen LogP contribution >= 0.6 is 0 Å². The zero-order valence-corrected chi connectivity index (χ0v) is 10.8. The summed E-state index contributed by atoms with van der Waals surface area (Å²) < 4.78 is 10.9. The second-order valence-electron chi connectivity index (χ2n) is 4.55. The fraction of sp³-hybridized carbons (Fsp3) is 0.500. The predicted octanol–water partition coefficient (Wildman–Crippen LogP) is 1.53.